The molecule has 0 atom stereocenters. The topological polar surface area (TPSA) is 64.6 Å². The molecule has 1 amide bonds. The Labute approximate surface area is 125 Å². The number of rotatable bonds is 5. The van der Waals surface area contributed by atoms with Crippen molar-refractivity contribution in [1.29, 1.82) is 0 Å². The van der Waals surface area contributed by atoms with Crippen LogP contribution < -0.4 is 0 Å². The predicted molar refractivity (Wildman–Crippen MR) is 77.7 cm³/mol. The second-order valence-corrected chi connectivity index (χ2v) is 6.21. The minimum absolute atomic E-state index is 0.0265. The lowest BCUT2D eigenvalue weighted by molar-refractivity contribution is -0.137. The molecule has 0 aliphatic carbocycles. The number of methoxy groups -OCH3 is 1. The SMILES string of the molecule is COCCOCC(=O)N1Cc2cnc(C(C)(C)C)nc2C1. The lowest BCUT2D eigenvalue weighted by Gasteiger charge is -2.16. The third kappa shape index (κ3) is 3.98. The average Bonchev–Trinajstić information content (AvgIpc) is 2.85. The first-order chi connectivity index (χ1) is 9.91. The summed E-state index contributed by atoms with van der Waals surface area (Å²) in [4.78, 5) is 22.8. The molecule has 6 heteroatoms. The van der Waals surface area contributed by atoms with E-state index in [2.05, 4.69) is 30.7 Å². The molecule has 116 valence electrons. The number of carbonyl (C=O) groups excluding carboxylic acids is 1. The van der Waals surface area contributed by atoms with Crippen LogP contribution >= 0.6 is 0 Å². The fourth-order valence-electron chi connectivity index (χ4n) is 2.08. The first-order valence-electron chi connectivity index (χ1n) is 7.11. The monoisotopic (exact) mass is 293 g/mol. The van der Waals surface area contributed by atoms with Crippen LogP contribution in [0, 0.1) is 0 Å². The van der Waals surface area contributed by atoms with E-state index >= 15 is 0 Å². The van der Waals surface area contributed by atoms with E-state index in [1.54, 1.807) is 12.0 Å². The van der Waals surface area contributed by atoms with Crippen molar-refractivity contribution in [2.24, 2.45) is 0 Å². The van der Waals surface area contributed by atoms with Crippen molar-refractivity contribution >= 4 is 5.91 Å². The maximum absolute atomic E-state index is 12.1. The van der Waals surface area contributed by atoms with Crippen molar-refractivity contribution in [2.75, 3.05) is 26.9 Å². The number of hydrogen-bond acceptors (Lipinski definition) is 5. The summed E-state index contributed by atoms with van der Waals surface area (Å²) < 4.78 is 10.1. The Morgan fingerprint density at radius 3 is 2.76 bits per heavy atom. The van der Waals surface area contributed by atoms with Gasteiger partial charge in [-0.3, -0.25) is 4.79 Å². The molecule has 0 N–H and O–H groups in total. The highest BCUT2D eigenvalue weighted by molar-refractivity contribution is 5.78. The van der Waals surface area contributed by atoms with Gasteiger partial charge in [-0.25, -0.2) is 9.97 Å². The number of aromatic nitrogens is 2. The van der Waals surface area contributed by atoms with E-state index in [1.165, 1.54) is 0 Å². The summed E-state index contributed by atoms with van der Waals surface area (Å²) in [6.45, 7) is 8.34. The van der Waals surface area contributed by atoms with Crippen LogP contribution in [0.3, 0.4) is 0 Å². The molecule has 0 fully saturated rings. The Hall–Kier alpha value is -1.53. The molecule has 21 heavy (non-hydrogen) atoms. The Kier molecular flexibility index (Phi) is 4.90. The largest absolute Gasteiger partial charge is 0.382 e. The van der Waals surface area contributed by atoms with Crippen molar-refractivity contribution in [2.45, 2.75) is 39.3 Å². The van der Waals surface area contributed by atoms with Gasteiger partial charge in [-0.1, -0.05) is 20.8 Å². The number of nitrogens with zero attached hydrogens (tertiary/aromatic N) is 3. The van der Waals surface area contributed by atoms with Crippen molar-refractivity contribution in [1.82, 2.24) is 14.9 Å². The average molecular weight is 293 g/mol. The molecule has 0 radical (unpaired) electrons. The first kappa shape index (κ1) is 15.9. The Morgan fingerprint density at radius 1 is 1.33 bits per heavy atom. The molecule has 0 bridgehead atoms. The number of fused-ring (bicyclic) bond motifs is 1. The molecule has 2 heterocycles. The fraction of sp³-hybridized carbons (Fsp3) is 0.667. The van der Waals surface area contributed by atoms with Crippen molar-refractivity contribution < 1.29 is 14.3 Å². The lowest BCUT2D eigenvalue weighted by Crippen LogP contribution is -2.29. The molecule has 0 spiro atoms. The van der Waals surface area contributed by atoms with Crippen LogP contribution in [0.1, 0.15) is 37.9 Å². The third-order valence-corrected chi connectivity index (χ3v) is 3.34. The second kappa shape index (κ2) is 6.49. The molecule has 0 saturated heterocycles. The summed E-state index contributed by atoms with van der Waals surface area (Å²) in [6, 6.07) is 0. The van der Waals surface area contributed by atoms with Gasteiger partial charge in [-0.2, -0.15) is 0 Å². The van der Waals surface area contributed by atoms with Gasteiger partial charge >= 0.3 is 0 Å². The van der Waals surface area contributed by atoms with Crippen LogP contribution in [0.15, 0.2) is 6.20 Å². The summed E-state index contributed by atoms with van der Waals surface area (Å²) in [5.74, 6) is 0.785. The Bertz CT molecular complexity index is 511. The van der Waals surface area contributed by atoms with Gasteiger partial charge in [-0.15, -0.1) is 0 Å². The van der Waals surface area contributed by atoms with Gasteiger partial charge in [0.05, 0.1) is 25.5 Å². The maximum atomic E-state index is 12.1. The van der Waals surface area contributed by atoms with Gasteiger partial charge in [0.2, 0.25) is 5.91 Å². The summed E-state index contributed by atoms with van der Waals surface area (Å²) in [5.41, 5.74) is 1.88. The van der Waals surface area contributed by atoms with E-state index < -0.39 is 0 Å². The van der Waals surface area contributed by atoms with E-state index in [0.717, 1.165) is 17.1 Å². The quantitative estimate of drug-likeness (QED) is 0.765. The minimum Gasteiger partial charge on any atom is -0.382 e. The van der Waals surface area contributed by atoms with E-state index in [4.69, 9.17) is 9.47 Å². The van der Waals surface area contributed by atoms with Crippen molar-refractivity contribution in [3.63, 3.8) is 0 Å². The molecular formula is C15H23N3O3. The highest BCUT2D eigenvalue weighted by Crippen LogP contribution is 2.24. The zero-order chi connectivity index (χ0) is 15.5. The number of amides is 1. The van der Waals surface area contributed by atoms with Gasteiger partial charge in [0, 0.05) is 30.8 Å². The molecule has 1 aromatic rings. The van der Waals surface area contributed by atoms with E-state index in [0.29, 0.717) is 26.3 Å². The van der Waals surface area contributed by atoms with Gasteiger partial charge in [0.15, 0.2) is 0 Å². The van der Waals surface area contributed by atoms with Crippen LogP contribution in [0.25, 0.3) is 0 Å². The molecule has 0 aromatic carbocycles. The van der Waals surface area contributed by atoms with Crippen LogP contribution in [0.2, 0.25) is 0 Å². The predicted octanol–water partition coefficient (Wildman–Crippen LogP) is 1.28. The normalized spacial score (nSPS) is 14.4. The molecule has 2 rings (SSSR count). The molecule has 6 nitrogen and oxygen atoms in total. The fourth-order valence-corrected chi connectivity index (χ4v) is 2.08. The van der Waals surface area contributed by atoms with Gasteiger partial charge in [-0.05, 0) is 0 Å². The molecule has 0 unspecified atom stereocenters. The summed E-state index contributed by atoms with van der Waals surface area (Å²) in [6.07, 6.45) is 1.84. The van der Waals surface area contributed by atoms with Crippen LogP contribution in [-0.4, -0.2) is 47.7 Å². The first-order valence-corrected chi connectivity index (χ1v) is 7.11. The molecule has 1 aromatic heterocycles. The second-order valence-electron chi connectivity index (χ2n) is 6.21. The highest BCUT2D eigenvalue weighted by Gasteiger charge is 2.27. The standard InChI is InChI=1S/C15H23N3O3/c1-15(2,3)14-16-7-11-8-18(9-12(11)17-14)13(19)10-21-6-5-20-4/h7H,5-6,8-10H2,1-4H3. The van der Waals surface area contributed by atoms with Gasteiger partial charge in [0.25, 0.3) is 0 Å². The summed E-state index contributed by atoms with van der Waals surface area (Å²) in [5, 5.41) is 0. The zero-order valence-electron chi connectivity index (χ0n) is 13.2. The van der Waals surface area contributed by atoms with Crippen LogP contribution in [0.5, 0.6) is 0 Å². The van der Waals surface area contributed by atoms with Crippen molar-refractivity contribution in [3.05, 3.63) is 23.3 Å². The smallest absolute Gasteiger partial charge is 0.249 e. The van der Waals surface area contributed by atoms with E-state index in [9.17, 15) is 4.79 Å². The third-order valence-electron chi connectivity index (χ3n) is 3.34. The van der Waals surface area contributed by atoms with Gasteiger partial charge in [0.1, 0.15) is 12.4 Å². The molecule has 1 aliphatic heterocycles. The van der Waals surface area contributed by atoms with Gasteiger partial charge < -0.3 is 14.4 Å². The van der Waals surface area contributed by atoms with Crippen molar-refractivity contribution in [3.8, 4) is 0 Å². The minimum atomic E-state index is -0.0876. The Morgan fingerprint density at radius 2 is 2.10 bits per heavy atom. The van der Waals surface area contributed by atoms with Crippen LogP contribution in [-0.2, 0) is 32.8 Å². The summed E-state index contributed by atoms with van der Waals surface area (Å²) in [7, 11) is 1.60. The number of carbonyl (C=O) groups is 1. The van der Waals surface area contributed by atoms with Crippen LogP contribution in [0.4, 0.5) is 0 Å². The highest BCUT2D eigenvalue weighted by atomic mass is 16.5. The lowest BCUT2D eigenvalue weighted by atomic mass is 9.95. The molecular weight excluding hydrogens is 270 g/mol. The zero-order valence-corrected chi connectivity index (χ0v) is 13.2. The number of hydrogen-bond donors (Lipinski definition) is 0. The molecule has 0 saturated carbocycles. The Balaban J connectivity index is 1.95. The molecule has 1 aliphatic rings. The maximum Gasteiger partial charge on any atom is 0.249 e. The summed E-state index contributed by atoms with van der Waals surface area (Å²) >= 11 is 0. The number of ether oxygens (including phenoxy) is 2. The van der Waals surface area contributed by atoms with E-state index in [1.807, 2.05) is 6.20 Å². The van der Waals surface area contributed by atoms with E-state index in [-0.39, 0.29) is 17.9 Å².